The van der Waals surface area contributed by atoms with E-state index in [0.717, 1.165) is 50.7 Å². The normalized spacial score (nSPS) is 27.3. The fourth-order valence-corrected chi connectivity index (χ4v) is 5.31. The van der Waals surface area contributed by atoms with E-state index < -0.39 is 0 Å². The topological polar surface area (TPSA) is 50.6 Å². The number of nitriles is 1. The number of nitrogens with zero attached hydrogens (tertiary/aromatic N) is 4. The lowest BCUT2D eigenvalue weighted by Gasteiger charge is -2.51. The van der Waals surface area contributed by atoms with Crippen molar-refractivity contribution in [2.24, 2.45) is 5.92 Å². The van der Waals surface area contributed by atoms with Gasteiger partial charge in [-0.25, -0.2) is 0 Å². The summed E-state index contributed by atoms with van der Waals surface area (Å²) in [4.78, 5) is 20.3. The predicted molar refractivity (Wildman–Crippen MR) is 111 cm³/mol. The first-order valence-corrected chi connectivity index (χ1v) is 10.9. The zero-order valence-corrected chi connectivity index (χ0v) is 17.2. The summed E-state index contributed by atoms with van der Waals surface area (Å²) >= 11 is 0. The highest BCUT2D eigenvalue weighted by Gasteiger charge is 2.39. The monoisotopic (exact) mass is 380 g/mol. The molecule has 3 aliphatic rings. The van der Waals surface area contributed by atoms with Crippen LogP contribution in [-0.4, -0.2) is 60.0 Å². The molecule has 28 heavy (non-hydrogen) atoms. The third-order valence-electron chi connectivity index (χ3n) is 7.00. The van der Waals surface area contributed by atoms with E-state index in [1.807, 2.05) is 24.3 Å². The maximum absolute atomic E-state index is 13.2. The number of benzene rings is 1. The van der Waals surface area contributed by atoms with Gasteiger partial charge in [0.05, 0.1) is 11.6 Å². The minimum absolute atomic E-state index is 0.157. The zero-order valence-electron chi connectivity index (χ0n) is 17.2. The second kappa shape index (κ2) is 8.13. The molecule has 2 heterocycles. The van der Waals surface area contributed by atoms with Crippen LogP contribution in [0.3, 0.4) is 0 Å². The van der Waals surface area contributed by atoms with Crippen molar-refractivity contribution in [3.05, 3.63) is 29.8 Å². The average molecular weight is 381 g/mol. The van der Waals surface area contributed by atoms with Crippen LogP contribution in [0.1, 0.15) is 51.5 Å². The molecule has 4 rings (SSSR count). The number of carbonyl (C=O) groups is 1. The molecule has 2 unspecified atom stereocenters. The number of anilines is 1. The lowest BCUT2D eigenvalue weighted by atomic mass is 9.87. The van der Waals surface area contributed by atoms with E-state index in [9.17, 15) is 4.79 Å². The van der Waals surface area contributed by atoms with Crippen LogP contribution in [-0.2, 0) is 4.79 Å². The Morgan fingerprint density at radius 1 is 1.00 bits per heavy atom. The lowest BCUT2D eigenvalue weighted by molar-refractivity contribution is -0.142. The molecule has 1 aliphatic carbocycles. The summed E-state index contributed by atoms with van der Waals surface area (Å²) in [6.45, 7) is 8.18. The quantitative estimate of drug-likeness (QED) is 0.808. The highest BCUT2D eigenvalue weighted by Crippen LogP contribution is 2.32. The van der Waals surface area contributed by atoms with Crippen molar-refractivity contribution in [1.29, 1.82) is 5.26 Å². The largest absolute Gasteiger partial charge is 0.371 e. The Hall–Kier alpha value is -2.06. The van der Waals surface area contributed by atoms with Crippen molar-refractivity contribution in [1.82, 2.24) is 9.80 Å². The summed E-state index contributed by atoms with van der Waals surface area (Å²) in [5, 5.41) is 8.95. The Balaban J connectivity index is 1.32. The minimum atomic E-state index is 0.157. The third kappa shape index (κ3) is 3.75. The van der Waals surface area contributed by atoms with Gasteiger partial charge in [0.25, 0.3) is 0 Å². The number of amides is 1. The van der Waals surface area contributed by atoms with E-state index in [0.29, 0.717) is 23.6 Å². The molecule has 1 saturated carbocycles. The number of hydrogen-bond acceptors (Lipinski definition) is 4. The molecule has 1 aromatic carbocycles. The second-order valence-corrected chi connectivity index (χ2v) is 8.89. The summed E-state index contributed by atoms with van der Waals surface area (Å²) in [6, 6.07) is 11.6. The molecule has 0 N–H and O–H groups in total. The van der Waals surface area contributed by atoms with Crippen LogP contribution in [0.25, 0.3) is 0 Å². The van der Waals surface area contributed by atoms with Gasteiger partial charge in [0.2, 0.25) is 5.91 Å². The van der Waals surface area contributed by atoms with E-state index >= 15 is 0 Å². The van der Waals surface area contributed by atoms with Crippen molar-refractivity contribution < 1.29 is 4.79 Å². The molecular weight excluding hydrogens is 348 g/mol. The SMILES string of the molecule is CC1CN(C(=O)C2CCN(c3ccc(C#N)cc3)CC2)CC(C)N1C1CCC1. The van der Waals surface area contributed by atoms with Crippen LogP contribution in [0.5, 0.6) is 0 Å². The van der Waals surface area contributed by atoms with Crippen LogP contribution in [0, 0.1) is 17.2 Å². The predicted octanol–water partition coefficient (Wildman–Crippen LogP) is 3.25. The van der Waals surface area contributed by atoms with Crippen LogP contribution < -0.4 is 4.90 Å². The lowest BCUT2D eigenvalue weighted by Crippen LogP contribution is -2.63. The van der Waals surface area contributed by atoms with Gasteiger partial charge >= 0.3 is 0 Å². The van der Waals surface area contributed by atoms with Gasteiger partial charge in [-0.05, 0) is 63.8 Å². The van der Waals surface area contributed by atoms with E-state index in [1.165, 1.54) is 19.3 Å². The third-order valence-corrected chi connectivity index (χ3v) is 7.00. The van der Waals surface area contributed by atoms with E-state index in [2.05, 4.69) is 34.6 Å². The van der Waals surface area contributed by atoms with Crippen molar-refractivity contribution >= 4 is 11.6 Å². The Labute approximate surface area is 168 Å². The minimum Gasteiger partial charge on any atom is -0.371 e. The Kier molecular flexibility index (Phi) is 5.59. The molecule has 2 saturated heterocycles. The Morgan fingerprint density at radius 3 is 2.11 bits per heavy atom. The van der Waals surface area contributed by atoms with Gasteiger partial charge in [0.1, 0.15) is 0 Å². The average Bonchev–Trinajstić information content (AvgIpc) is 2.68. The van der Waals surface area contributed by atoms with E-state index in [1.54, 1.807) is 0 Å². The van der Waals surface area contributed by atoms with Crippen molar-refractivity contribution in [3.63, 3.8) is 0 Å². The molecule has 0 radical (unpaired) electrons. The second-order valence-electron chi connectivity index (χ2n) is 8.89. The van der Waals surface area contributed by atoms with Crippen molar-refractivity contribution in [3.8, 4) is 6.07 Å². The summed E-state index contributed by atoms with van der Waals surface area (Å²) in [7, 11) is 0. The molecule has 1 amide bonds. The molecule has 0 bridgehead atoms. The first kappa shape index (κ1) is 19.3. The number of piperazine rings is 1. The molecule has 5 heteroatoms. The number of piperidine rings is 1. The highest BCUT2D eigenvalue weighted by atomic mass is 16.2. The molecular formula is C23H32N4O. The van der Waals surface area contributed by atoms with Gasteiger partial charge in [0.15, 0.2) is 0 Å². The molecule has 0 spiro atoms. The van der Waals surface area contributed by atoms with E-state index in [4.69, 9.17) is 5.26 Å². The summed E-state index contributed by atoms with van der Waals surface area (Å²) in [5.74, 6) is 0.524. The van der Waals surface area contributed by atoms with Crippen molar-refractivity contribution in [2.45, 2.75) is 64.1 Å². The first-order valence-electron chi connectivity index (χ1n) is 10.9. The van der Waals surface area contributed by atoms with E-state index in [-0.39, 0.29) is 5.92 Å². The highest BCUT2D eigenvalue weighted by molar-refractivity contribution is 5.79. The van der Waals surface area contributed by atoms with Crippen LogP contribution in [0.15, 0.2) is 24.3 Å². The fourth-order valence-electron chi connectivity index (χ4n) is 5.31. The summed E-state index contributed by atoms with van der Waals surface area (Å²) in [5.41, 5.74) is 1.85. The van der Waals surface area contributed by atoms with Crippen LogP contribution in [0.2, 0.25) is 0 Å². The van der Waals surface area contributed by atoms with Crippen LogP contribution in [0.4, 0.5) is 5.69 Å². The van der Waals surface area contributed by atoms with Gasteiger partial charge in [-0.15, -0.1) is 0 Å². The first-order chi connectivity index (χ1) is 13.6. The summed E-state index contributed by atoms with van der Waals surface area (Å²) in [6.07, 6.45) is 5.86. The number of rotatable bonds is 3. The molecule has 2 aliphatic heterocycles. The Morgan fingerprint density at radius 2 is 1.61 bits per heavy atom. The molecule has 2 atom stereocenters. The maximum Gasteiger partial charge on any atom is 0.225 e. The summed E-state index contributed by atoms with van der Waals surface area (Å²) < 4.78 is 0. The fraction of sp³-hybridized carbons (Fsp3) is 0.652. The van der Waals surface area contributed by atoms with Gasteiger partial charge < -0.3 is 9.80 Å². The van der Waals surface area contributed by atoms with Crippen LogP contribution >= 0.6 is 0 Å². The number of hydrogen-bond donors (Lipinski definition) is 0. The van der Waals surface area contributed by atoms with Gasteiger partial charge in [-0.2, -0.15) is 5.26 Å². The van der Waals surface area contributed by atoms with Crippen molar-refractivity contribution in [2.75, 3.05) is 31.1 Å². The number of carbonyl (C=O) groups excluding carboxylic acids is 1. The van der Waals surface area contributed by atoms with Gasteiger partial charge in [-0.3, -0.25) is 9.69 Å². The Bertz CT molecular complexity index is 716. The molecule has 150 valence electrons. The zero-order chi connectivity index (χ0) is 19.7. The van der Waals surface area contributed by atoms with Gasteiger partial charge in [0, 0.05) is 55.9 Å². The molecule has 0 aromatic heterocycles. The molecule has 5 nitrogen and oxygen atoms in total. The molecule has 1 aromatic rings. The molecule has 3 fully saturated rings. The van der Waals surface area contributed by atoms with Gasteiger partial charge in [-0.1, -0.05) is 6.42 Å². The standard InChI is InChI=1S/C23H32N4O/c1-17-15-26(16-18(2)27(17)22-4-3-5-22)23(28)20-10-12-25(13-11-20)21-8-6-19(14-24)7-9-21/h6-9,17-18,20,22H,3-5,10-13,15-16H2,1-2H3. The smallest absolute Gasteiger partial charge is 0.225 e. The maximum atomic E-state index is 13.2.